The maximum Gasteiger partial charge on any atom is 0.326 e. The van der Waals surface area contributed by atoms with Crippen LogP contribution in [0.4, 0.5) is 5.69 Å². The molecule has 0 unspecified atom stereocenters. The maximum atomic E-state index is 12.2. The molecule has 0 radical (unpaired) electrons. The molecule has 0 aliphatic carbocycles. The van der Waals surface area contributed by atoms with Crippen LogP contribution in [0.5, 0.6) is 0 Å². The first-order valence-corrected chi connectivity index (χ1v) is 8.91. The third-order valence-corrected chi connectivity index (χ3v) is 5.29. The van der Waals surface area contributed by atoms with Gasteiger partial charge in [0.2, 0.25) is 5.91 Å². The third-order valence-electron chi connectivity index (χ3n) is 3.53. The lowest BCUT2D eigenvalue weighted by atomic mass is 10.2. The van der Waals surface area contributed by atoms with Gasteiger partial charge >= 0.3 is 5.97 Å². The minimum absolute atomic E-state index is 0.0320. The van der Waals surface area contributed by atoms with Crippen LogP contribution in [0, 0.1) is 0 Å². The summed E-state index contributed by atoms with van der Waals surface area (Å²) in [6.07, 6.45) is 0. The van der Waals surface area contributed by atoms with E-state index in [0.29, 0.717) is 21.4 Å². The summed E-state index contributed by atoms with van der Waals surface area (Å²) in [5.41, 5.74) is 1.28. The molecule has 0 N–H and O–H groups in total. The highest BCUT2D eigenvalue weighted by Crippen LogP contribution is 2.34. The molecule has 0 bridgehead atoms. The topological polar surface area (TPSA) is 46.6 Å². The fourth-order valence-electron chi connectivity index (χ4n) is 2.32. The average molecular weight is 382 g/mol. The summed E-state index contributed by atoms with van der Waals surface area (Å²) < 4.78 is 5.25. The van der Waals surface area contributed by atoms with E-state index in [2.05, 4.69) is 0 Å². The molecule has 0 atom stereocenters. The molecule has 0 spiro atoms. The quantitative estimate of drug-likeness (QED) is 0.745. The van der Waals surface area contributed by atoms with Gasteiger partial charge in [-0.05, 0) is 24.3 Å². The number of halogens is 2. The Bertz CT molecular complexity index is 777. The molecule has 4 nitrogen and oxygen atoms in total. The number of carbonyl (C=O) groups excluding carboxylic acids is 2. The predicted octanol–water partition coefficient (Wildman–Crippen LogP) is 4.18. The monoisotopic (exact) mass is 381 g/mol. The van der Waals surface area contributed by atoms with Gasteiger partial charge in [0, 0.05) is 20.5 Å². The molecule has 0 saturated carbocycles. The van der Waals surface area contributed by atoms with Gasteiger partial charge in [-0.3, -0.25) is 14.5 Å². The second kappa shape index (κ2) is 7.47. The van der Waals surface area contributed by atoms with Gasteiger partial charge in [0.1, 0.15) is 13.2 Å². The number of amides is 1. The van der Waals surface area contributed by atoms with Gasteiger partial charge in [0.25, 0.3) is 0 Å². The van der Waals surface area contributed by atoms with Gasteiger partial charge in [0.05, 0.1) is 11.4 Å². The average Bonchev–Trinajstić information content (AvgIpc) is 2.57. The normalized spacial score (nSPS) is 13.6. The zero-order valence-corrected chi connectivity index (χ0v) is 14.8. The van der Waals surface area contributed by atoms with E-state index in [9.17, 15) is 9.59 Å². The lowest BCUT2D eigenvalue weighted by Gasteiger charge is -2.28. The lowest BCUT2D eigenvalue weighted by molar-refractivity contribution is -0.144. The van der Waals surface area contributed by atoms with Crippen LogP contribution in [-0.4, -0.2) is 24.2 Å². The Kier molecular flexibility index (Phi) is 5.33. The van der Waals surface area contributed by atoms with Crippen LogP contribution in [0.1, 0.15) is 5.56 Å². The summed E-state index contributed by atoms with van der Waals surface area (Å²) in [6, 6.07) is 12.6. The van der Waals surface area contributed by atoms with E-state index in [1.807, 2.05) is 24.3 Å². The number of nitrogens with zero attached hydrogens (tertiary/aromatic N) is 1. The van der Waals surface area contributed by atoms with Gasteiger partial charge in [-0.15, -0.1) is 11.8 Å². The molecule has 2 aromatic carbocycles. The van der Waals surface area contributed by atoms with Crippen molar-refractivity contribution in [2.24, 2.45) is 0 Å². The van der Waals surface area contributed by atoms with Crippen molar-refractivity contribution in [1.82, 2.24) is 0 Å². The van der Waals surface area contributed by atoms with Gasteiger partial charge in [0.15, 0.2) is 0 Å². The Morgan fingerprint density at radius 3 is 2.58 bits per heavy atom. The molecule has 3 rings (SSSR count). The van der Waals surface area contributed by atoms with Crippen molar-refractivity contribution >= 4 is 52.5 Å². The summed E-state index contributed by atoms with van der Waals surface area (Å²) in [6.45, 7) is -0.172. The van der Waals surface area contributed by atoms with Crippen LogP contribution in [0.2, 0.25) is 10.0 Å². The number of anilines is 1. The number of para-hydroxylation sites is 1. The molecule has 0 saturated heterocycles. The summed E-state index contributed by atoms with van der Waals surface area (Å²) in [4.78, 5) is 26.7. The van der Waals surface area contributed by atoms with Crippen LogP contribution in [0.15, 0.2) is 47.4 Å². The molecular weight excluding hydrogens is 369 g/mol. The highest BCUT2D eigenvalue weighted by molar-refractivity contribution is 8.00. The third kappa shape index (κ3) is 3.69. The number of ether oxygens (including phenoxy) is 1. The van der Waals surface area contributed by atoms with Gasteiger partial charge in [-0.2, -0.15) is 0 Å². The molecule has 24 heavy (non-hydrogen) atoms. The molecule has 2 aromatic rings. The number of esters is 1. The van der Waals surface area contributed by atoms with Crippen molar-refractivity contribution in [2.75, 3.05) is 17.2 Å². The van der Waals surface area contributed by atoms with Crippen LogP contribution in [0.25, 0.3) is 0 Å². The van der Waals surface area contributed by atoms with Crippen molar-refractivity contribution in [1.29, 1.82) is 0 Å². The van der Waals surface area contributed by atoms with Crippen molar-refractivity contribution in [3.63, 3.8) is 0 Å². The Morgan fingerprint density at radius 2 is 1.83 bits per heavy atom. The van der Waals surface area contributed by atoms with Crippen LogP contribution < -0.4 is 4.90 Å². The number of rotatable bonds is 4. The van der Waals surface area contributed by atoms with Crippen molar-refractivity contribution < 1.29 is 14.3 Å². The first-order valence-electron chi connectivity index (χ1n) is 7.17. The molecule has 1 aliphatic heterocycles. The number of hydrogen-bond donors (Lipinski definition) is 0. The Hall–Kier alpha value is -1.69. The summed E-state index contributed by atoms with van der Waals surface area (Å²) in [7, 11) is 0. The van der Waals surface area contributed by atoms with Crippen molar-refractivity contribution in [2.45, 2.75) is 11.5 Å². The Labute approximate surface area is 153 Å². The minimum Gasteiger partial charge on any atom is -0.459 e. The highest BCUT2D eigenvalue weighted by atomic mass is 35.5. The van der Waals surface area contributed by atoms with Crippen molar-refractivity contribution in [3.05, 3.63) is 58.1 Å². The first-order chi connectivity index (χ1) is 11.6. The highest BCUT2D eigenvalue weighted by Gasteiger charge is 2.26. The van der Waals surface area contributed by atoms with Crippen LogP contribution in [0.3, 0.4) is 0 Å². The lowest BCUT2D eigenvalue weighted by Crippen LogP contribution is -2.39. The minimum atomic E-state index is -0.513. The van der Waals surface area contributed by atoms with Crippen LogP contribution >= 0.6 is 35.0 Å². The second-order valence-corrected chi connectivity index (χ2v) is 6.93. The molecule has 0 aromatic heterocycles. The standard InChI is InChI=1S/C17H13Cl2NO3S/c18-12-4-3-5-13(19)11(12)9-23-17(22)8-20-14-6-1-2-7-15(14)24-10-16(20)21/h1-7H,8-10H2. The van der Waals surface area contributed by atoms with E-state index in [4.69, 9.17) is 27.9 Å². The molecule has 0 fully saturated rings. The fourth-order valence-corrected chi connectivity index (χ4v) is 3.77. The van der Waals surface area contributed by atoms with E-state index in [1.54, 1.807) is 18.2 Å². The zero-order valence-electron chi connectivity index (χ0n) is 12.5. The Morgan fingerprint density at radius 1 is 1.12 bits per heavy atom. The first kappa shape index (κ1) is 17.1. The number of carbonyl (C=O) groups is 2. The van der Waals surface area contributed by atoms with E-state index in [-0.39, 0.29) is 19.1 Å². The van der Waals surface area contributed by atoms with E-state index in [1.165, 1.54) is 16.7 Å². The maximum absolute atomic E-state index is 12.2. The van der Waals surface area contributed by atoms with Gasteiger partial charge < -0.3 is 4.74 Å². The van der Waals surface area contributed by atoms with Crippen LogP contribution in [-0.2, 0) is 20.9 Å². The molecule has 124 valence electrons. The van der Waals surface area contributed by atoms with Crippen molar-refractivity contribution in [3.8, 4) is 0 Å². The number of thioether (sulfide) groups is 1. The fraction of sp³-hybridized carbons (Fsp3) is 0.176. The number of hydrogen-bond acceptors (Lipinski definition) is 4. The van der Waals surface area contributed by atoms with Gasteiger partial charge in [-0.25, -0.2) is 0 Å². The summed E-state index contributed by atoms with van der Waals surface area (Å²) in [5, 5.41) is 0.872. The largest absolute Gasteiger partial charge is 0.459 e. The van der Waals surface area contributed by atoms with Gasteiger partial charge in [-0.1, -0.05) is 41.4 Å². The number of fused-ring (bicyclic) bond motifs is 1. The molecular formula is C17H13Cl2NO3S. The molecule has 1 amide bonds. The molecule has 1 heterocycles. The SMILES string of the molecule is O=C(CN1C(=O)CSc2ccccc21)OCc1c(Cl)cccc1Cl. The number of benzene rings is 2. The molecule has 1 aliphatic rings. The van der Waals surface area contributed by atoms with E-state index >= 15 is 0 Å². The van der Waals surface area contributed by atoms with E-state index in [0.717, 1.165) is 10.6 Å². The smallest absolute Gasteiger partial charge is 0.326 e. The predicted molar refractivity (Wildman–Crippen MR) is 95.8 cm³/mol. The van der Waals surface area contributed by atoms with E-state index < -0.39 is 5.97 Å². The molecule has 7 heteroatoms. The summed E-state index contributed by atoms with van der Waals surface area (Å²) >= 11 is 13.6. The summed E-state index contributed by atoms with van der Waals surface area (Å²) in [5.74, 6) is -0.326. The Balaban J connectivity index is 1.68. The second-order valence-electron chi connectivity index (χ2n) is 5.10. The zero-order chi connectivity index (χ0) is 17.1.